The van der Waals surface area contributed by atoms with Crippen LogP contribution in [0.15, 0.2) is 0 Å². The zero-order valence-electron chi connectivity index (χ0n) is 11.2. The molecule has 2 N–H and O–H groups in total. The molecular weight excluding hydrogens is 212 g/mol. The van der Waals surface area contributed by atoms with Crippen molar-refractivity contribution in [1.82, 2.24) is 9.97 Å². The van der Waals surface area contributed by atoms with Crippen LogP contribution >= 0.6 is 0 Å². The van der Waals surface area contributed by atoms with Crippen molar-refractivity contribution >= 4 is 11.6 Å². The average molecular weight is 234 g/mol. The van der Waals surface area contributed by atoms with Crippen LogP contribution < -0.4 is 10.6 Å². The van der Waals surface area contributed by atoms with Crippen molar-refractivity contribution < 1.29 is 0 Å². The Balaban J connectivity index is 2.22. The maximum absolute atomic E-state index is 4.50. The van der Waals surface area contributed by atoms with Gasteiger partial charge in [-0.2, -0.15) is 0 Å². The van der Waals surface area contributed by atoms with Crippen molar-refractivity contribution in [2.75, 3.05) is 17.2 Å². The number of aromatic nitrogens is 2. The number of hydrogen-bond acceptors (Lipinski definition) is 4. The summed E-state index contributed by atoms with van der Waals surface area (Å²) in [5.74, 6) is 2.77. The quantitative estimate of drug-likeness (QED) is 0.822. The maximum Gasteiger partial charge on any atom is 0.135 e. The summed E-state index contributed by atoms with van der Waals surface area (Å²) in [6, 6.07) is 0. The first-order valence-corrected chi connectivity index (χ1v) is 6.41. The first-order chi connectivity index (χ1) is 8.04. The fourth-order valence-electron chi connectivity index (χ4n) is 1.76. The molecule has 94 valence electrons. The smallest absolute Gasteiger partial charge is 0.135 e. The molecule has 1 aliphatic carbocycles. The van der Waals surface area contributed by atoms with Crippen molar-refractivity contribution in [3.05, 3.63) is 11.4 Å². The van der Waals surface area contributed by atoms with Gasteiger partial charge in [0.05, 0.1) is 0 Å². The first kappa shape index (κ1) is 12.1. The van der Waals surface area contributed by atoms with Gasteiger partial charge in [-0.25, -0.2) is 9.97 Å². The van der Waals surface area contributed by atoms with Crippen LogP contribution in [0.1, 0.15) is 44.5 Å². The van der Waals surface area contributed by atoms with E-state index in [2.05, 4.69) is 41.4 Å². The van der Waals surface area contributed by atoms with Crippen molar-refractivity contribution in [3.63, 3.8) is 0 Å². The highest BCUT2D eigenvalue weighted by Gasteiger charge is 2.38. The lowest BCUT2D eigenvalue weighted by molar-refractivity contribution is 0.812. The highest BCUT2D eigenvalue weighted by atomic mass is 15.1. The molecule has 0 atom stereocenters. The van der Waals surface area contributed by atoms with Gasteiger partial charge < -0.3 is 10.6 Å². The van der Waals surface area contributed by atoms with Crippen LogP contribution in [0.25, 0.3) is 0 Å². The summed E-state index contributed by atoms with van der Waals surface area (Å²) >= 11 is 0. The fraction of sp³-hybridized carbons (Fsp3) is 0.692. The zero-order chi connectivity index (χ0) is 12.5. The van der Waals surface area contributed by atoms with E-state index in [1.165, 1.54) is 12.8 Å². The van der Waals surface area contributed by atoms with Gasteiger partial charge in [-0.15, -0.1) is 0 Å². The molecule has 1 aromatic heterocycles. The first-order valence-electron chi connectivity index (χ1n) is 6.41. The number of hydrogen-bond donors (Lipinski definition) is 2. The Labute approximate surface area is 103 Å². The van der Waals surface area contributed by atoms with E-state index in [0.29, 0.717) is 0 Å². The lowest BCUT2D eigenvalue weighted by Crippen LogP contribution is -2.19. The molecule has 0 aromatic carbocycles. The minimum atomic E-state index is 0.258. The SMILES string of the molecule is CCCNc1nc(C)nc(NC2(C)CC2)c1C. The van der Waals surface area contributed by atoms with Crippen molar-refractivity contribution in [2.24, 2.45) is 0 Å². The van der Waals surface area contributed by atoms with E-state index in [1.807, 2.05) is 6.92 Å². The van der Waals surface area contributed by atoms with Gasteiger partial charge in [0.1, 0.15) is 17.5 Å². The molecule has 0 unspecified atom stereocenters. The normalized spacial score (nSPS) is 16.7. The largest absolute Gasteiger partial charge is 0.370 e. The molecule has 1 fully saturated rings. The second kappa shape index (κ2) is 4.51. The summed E-state index contributed by atoms with van der Waals surface area (Å²) in [4.78, 5) is 8.96. The molecule has 1 aromatic rings. The molecule has 2 rings (SSSR count). The summed E-state index contributed by atoms with van der Waals surface area (Å²) in [5.41, 5.74) is 1.38. The van der Waals surface area contributed by atoms with Crippen molar-refractivity contribution in [2.45, 2.75) is 52.5 Å². The van der Waals surface area contributed by atoms with Crippen LogP contribution in [0.4, 0.5) is 11.6 Å². The Kier molecular flexibility index (Phi) is 3.22. The molecule has 0 spiro atoms. The monoisotopic (exact) mass is 234 g/mol. The Morgan fingerprint density at radius 2 is 1.82 bits per heavy atom. The van der Waals surface area contributed by atoms with Gasteiger partial charge in [0.15, 0.2) is 0 Å². The van der Waals surface area contributed by atoms with Gasteiger partial charge in [0.2, 0.25) is 0 Å². The molecule has 0 amide bonds. The maximum atomic E-state index is 4.50. The third-order valence-corrected chi connectivity index (χ3v) is 3.22. The van der Waals surface area contributed by atoms with Crippen LogP contribution in [0, 0.1) is 13.8 Å². The fourth-order valence-corrected chi connectivity index (χ4v) is 1.76. The van der Waals surface area contributed by atoms with Crippen LogP contribution in [0.2, 0.25) is 0 Å². The van der Waals surface area contributed by atoms with E-state index >= 15 is 0 Å². The molecule has 1 saturated carbocycles. The molecule has 0 radical (unpaired) electrons. The summed E-state index contributed by atoms with van der Waals surface area (Å²) in [6.07, 6.45) is 3.56. The minimum absolute atomic E-state index is 0.258. The number of anilines is 2. The third-order valence-electron chi connectivity index (χ3n) is 3.22. The molecule has 0 saturated heterocycles. The Morgan fingerprint density at radius 1 is 1.18 bits per heavy atom. The number of rotatable bonds is 5. The molecule has 4 heteroatoms. The van der Waals surface area contributed by atoms with Crippen LogP contribution in [0.5, 0.6) is 0 Å². The van der Waals surface area contributed by atoms with E-state index in [4.69, 9.17) is 0 Å². The standard InChI is InChI=1S/C13H22N4/c1-5-8-14-11-9(2)12(16-10(3)15-11)17-13(4)6-7-13/h5-8H2,1-4H3,(H2,14,15,16,17). The minimum Gasteiger partial charge on any atom is -0.370 e. The predicted molar refractivity (Wildman–Crippen MR) is 71.5 cm³/mol. The van der Waals surface area contributed by atoms with Crippen LogP contribution in [-0.2, 0) is 0 Å². The molecule has 0 bridgehead atoms. The second-order valence-corrected chi connectivity index (χ2v) is 5.21. The van der Waals surface area contributed by atoms with Crippen LogP contribution in [0.3, 0.4) is 0 Å². The van der Waals surface area contributed by atoms with Gasteiger partial charge >= 0.3 is 0 Å². The zero-order valence-corrected chi connectivity index (χ0v) is 11.2. The van der Waals surface area contributed by atoms with Gasteiger partial charge in [0.25, 0.3) is 0 Å². The summed E-state index contributed by atoms with van der Waals surface area (Å²) < 4.78 is 0. The van der Waals surface area contributed by atoms with Crippen molar-refractivity contribution in [3.8, 4) is 0 Å². The molecule has 0 aliphatic heterocycles. The topological polar surface area (TPSA) is 49.8 Å². The average Bonchev–Trinajstić information content (AvgIpc) is 2.99. The number of nitrogens with one attached hydrogen (secondary N) is 2. The van der Waals surface area contributed by atoms with E-state index in [0.717, 1.165) is 36.0 Å². The van der Waals surface area contributed by atoms with Gasteiger partial charge in [-0.3, -0.25) is 0 Å². The third kappa shape index (κ3) is 2.87. The Bertz CT molecular complexity index is 410. The van der Waals surface area contributed by atoms with E-state index in [9.17, 15) is 0 Å². The van der Waals surface area contributed by atoms with Gasteiger partial charge in [0, 0.05) is 17.6 Å². The van der Waals surface area contributed by atoms with E-state index in [-0.39, 0.29) is 5.54 Å². The molecule has 17 heavy (non-hydrogen) atoms. The lowest BCUT2D eigenvalue weighted by Gasteiger charge is -2.17. The molecule has 1 heterocycles. The van der Waals surface area contributed by atoms with Gasteiger partial charge in [-0.1, -0.05) is 6.92 Å². The summed E-state index contributed by atoms with van der Waals surface area (Å²) in [7, 11) is 0. The lowest BCUT2D eigenvalue weighted by atomic mass is 10.2. The summed E-state index contributed by atoms with van der Waals surface area (Å²) in [5, 5.41) is 6.89. The Morgan fingerprint density at radius 3 is 2.41 bits per heavy atom. The summed E-state index contributed by atoms with van der Waals surface area (Å²) in [6.45, 7) is 9.36. The highest BCUT2D eigenvalue weighted by molar-refractivity contribution is 5.58. The molecule has 4 nitrogen and oxygen atoms in total. The van der Waals surface area contributed by atoms with Gasteiger partial charge in [-0.05, 0) is 40.0 Å². The molecular formula is C13H22N4. The molecule has 1 aliphatic rings. The van der Waals surface area contributed by atoms with E-state index < -0.39 is 0 Å². The Hall–Kier alpha value is -1.32. The highest BCUT2D eigenvalue weighted by Crippen LogP contribution is 2.38. The predicted octanol–water partition coefficient (Wildman–Crippen LogP) is 2.88. The van der Waals surface area contributed by atoms with E-state index in [1.54, 1.807) is 0 Å². The number of nitrogens with zero attached hydrogens (tertiary/aromatic N) is 2. The second-order valence-electron chi connectivity index (χ2n) is 5.21. The number of aryl methyl sites for hydroxylation is 1. The van der Waals surface area contributed by atoms with Crippen LogP contribution in [-0.4, -0.2) is 22.1 Å². The van der Waals surface area contributed by atoms with Crippen molar-refractivity contribution in [1.29, 1.82) is 0 Å².